The fourth-order valence-electron chi connectivity index (χ4n) is 9.84. The zero-order valence-electron chi connectivity index (χ0n) is 42.7. The van der Waals surface area contributed by atoms with Crippen molar-refractivity contribution in [1.82, 2.24) is 0 Å². The summed E-state index contributed by atoms with van der Waals surface area (Å²) in [6.45, 7) is 8.68. The molecule has 1 saturated heterocycles. The predicted octanol–water partition coefficient (Wildman–Crippen LogP) is 11.0. The summed E-state index contributed by atoms with van der Waals surface area (Å²) in [4.78, 5) is 0. The Bertz CT molecular complexity index is 2560. The molecular weight excluding hydrogens is 929 g/mol. The summed E-state index contributed by atoms with van der Waals surface area (Å²) < 4.78 is 54.5. The Morgan fingerprint density at radius 2 is 0.904 bits per heavy atom. The van der Waals surface area contributed by atoms with Crippen LogP contribution in [0.4, 0.5) is 0 Å². The van der Waals surface area contributed by atoms with Crippen LogP contribution in [0.25, 0.3) is 0 Å². The number of benzene rings is 7. The second-order valence-electron chi connectivity index (χ2n) is 19.8. The normalized spacial score (nSPS) is 19.0. The highest BCUT2D eigenvalue weighted by Gasteiger charge is 2.51. The number of methoxy groups -OCH3 is 1. The molecule has 0 radical (unpaired) electrons. The van der Waals surface area contributed by atoms with Gasteiger partial charge >= 0.3 is 0 Å². The Kier molecular flexibility index (Phi) is 19.8. The summed E-state index contributed by atoms with van der Waals surface area (Å²) >= 11 is 0. The summed E-state index contributed by atoms with van der Waals surface area (Å²) in [5.74, 6) is 0.757. The van der Waals surface area contributed by atoms with Gasteiger partial charge in [-0.15, -0.1) is 0 Å². The van der Waals surface area contributed by atoms with Gasteiger partial charge < -0.3 is 42.7 Å². The zero-order chi connectivity index (χ0) is 50.7. The number of aliphatic hydroxyl groups excluding tert-OH is 1. The maximum absolute atomic E-state index is 12.6. The van der Waals surface area contributed by atoms with Crippen LogP contribution in [0.1, 0.15) is 61.4 Å². The second kappa shape index (κ2) is 27.0. The van der Waals surface area contributed by atoms with Gasteiger partial charge in [0.25, 0.3) is 8.32 Å². The maximum Gasteiger partial charge on any atom is 0.261 e. The molecule has 7 atom stereocenters. The van der Waals surface area contributed by atoms with E-state index in [-0.39, 0.29) is 24.9 Å². The van der Waals surface area contributed by atoms with Crippen molar-refractivity contribution < 1.29 is 42.7 Å². The third-order valence-corrected chi connectivity index (χ3v) is 18.7. The van der Waals surface area contributed by atoms with Gasteiger partial charge in [-0.2, -0.15) is 0 Å². The van der Waals surface area contributed by atoms with Crippen molar-refractivity contribution in [2.45, 2.75) is 114 Å². The van der Waals surface area contributed by atoms with Crippen LogP contribution >= 0.6 is 0 Å². The number of hydrogen-bond acceptors (Lipinski definition) is 9. The minimum absolute atomic E-state index is 0.0498. The minimum Gasteiger partial charge on any atom is -0.497 e. The number of hydrogen-bond donors (Lipinski definition) is 1. The minimum atomic E-state index is -3.02. The van der Waals surface area contributed by atoms with E-state index >= 15 is 0 Å². The SMILES string of the molecule is COc1ccc(CO[C@H](CC[C@@H]2O[C@H](COCc3ccccc3)[C@H](OCc3ccccc3)[C@H](OCc3ccccc3)[C@H]2OCc2ccccc2)[C@H](O)CO[Si](c2ccccc2)(c2ccccc2)C(C)(C)C)cc1. The average molecular weight is 1000 g/mol. The van der Waals surface area contributed by atoms with E-state index in [1.807, 2.05) is 109 Å². The number of ether oxygens (including phenoxy) is 7. The molecule has 1 aliphatic heterocycles. The van der Waals surface area contributed by atoms with Gasteiger partial charge in [0.15, 0.2) is 0 Å². The van der Waals surface area contributed by atoms with Crippen molar-refractivity contribution in [3.05, 3.63) is 234 Å². The van der Waals surface area contributed by atoms with Crippen molar-refractivity contribution in [3.8, 4) is 5.75 Å². The fourth-order valence-corrected chi connectivity index (χ4v) is 14.4. The molecule has 0 bridgehead atoms. The van der Waals surface area contributed by atoms with E-state index in [4.69, 9.17) is 37.6 Å². The van der Waals surface area contributed by atoms with E-state index in [1.54, 1.807) is 7.11 Å². The fraction of sp³-hybridized carbons (Fsp3) is 0.333. The first-order valence-electron chi connectivity index (χ1n) is 25.6. The van der Waals surface area contributed by atoms with E-state index in [0.29, 0.717) is 39.3 Å². The molecule has 9 nitrogen and oxygen atoms in total. The largest absolute Gasteiger partial charge is 0.497 e. The molecule has 0 saturated carbocycles. The standard InChI is InChI=1S/C63H72O9Si/c1-63(2,3)73(54-31-19-9-20-32-54,55-33-21-10-22-34-55)71-46-56(64)57(67-42-52-35-37-53(65-4)38-36-52)39-40-58-60(68-43-49-25-13-6-14-26-49)62(70-45-51-29-17-8-18-30-51)61(69-44-50-27-15-7-16-28-50)59(72-58)47-66-41-48-23-11-5-12-24-48/h5-38,56-62,64H,39-47H2,1-4H3/t56-,57-,58+,59-,60+,61+,62-/m1/s1. The Hall–Kier alpha value is -5.76. The first kappa shape index (κ1) is 53.5. The Morgan fingerprint density at radius 1 is 0.493 bits per heavy atom. The summed E-state index contributed by atoms with van der Waals surface area (Å²) in [7, 11) is -1.36. The predicted molar refractivity (Wildman–Crippen MR) is 290 cm³/mol. The maximum atomic E-state index is 12.6. The monoisotopic (exact) mass is 1000 g/mol. The molecule has 0 aromatic heterocycles. The van der Waals surface area contributed by atoms with Gasteiger partial charge in [-0.05, 0) is 68.2 Å². The van der Waals surface area contributed by atoms with Crippen molar-refractivity contribution in [2.24, 2.45) is 0 Å². The van der Waals surface area contributed by atoms with Crippen molar-refractivity contribution in [1.29, 1.82) is 0 Å². The Morgan fingerprint density at radius 3 is 1.36 bits per heavy atom. The van der Waals surface area contributed by atoms with Crippen LogP contribution in [0.15, 0.2) is 206 Å². The lowest BCUT2D eigenvalue weighted by atomic mass is 9.90. The lowest BCUT2D eigenvalue weighted by Gasteiger charge is -2.47. The first-order chi connectivity index (χ1) is 35.7. The second-order valence-corrected chi connectivity index (χ2v) is 24.1. The van der Waals surface area contributed by atoms with E-state index in [0.717, 1.165) is 43.9 Å². The van der Waals surface area contributed by atoms with Crippen LogP contribution in [0, 0.1) is 0 Å². The smallest absolute Gasteiger partial charge is 0.261 e. The molecule has 1 heterocycles. The molecule has 0 aliphatic carbocycles. The molecule has 0 unspecified atom stereocenters. The molecule has 7 aromatic carbocycles. The van der Waals surface area contributed by atoms with Crippen molar-refractivity contribution >= 4 is 18.7 Å². The molecule has 0 spiro atoms. The highest BCUT2D eigenvalue weighted by molar-refractivity contribution is 6.99. The molecule has 1 aliphatic rings. The molecule has 8 rings (SSSR count). The summed E-state index contributed by atoms with van der Waals surface area (Å²) in [6, 6.07) is 69.5. The van der Waals surface area contributed by atoms with Gasteiger partial charge in [0, 0.05) is 0 Å². The van der Waals surface area contributed by atoms with E-state index < -0.39 is 51.0 Å². The Balaban J connectivity index is 1.13. The Labute approximate surface area is 434 Å². The molecule has 1 fully saturated rings. The van der Waals surface area contributed by atoms with Gasteiger partial charge in [-0.25, -0.2) is 0 Å². The van der Waals surface area contributed by atoms with E-state index in [9.17, 15) is 5.11 Å². The van der Waals surface area contributed by atoms with E-state index in [2.05, 4.69) is 118 Å². The molecule has 73 heavy (non-hydrogen) atoms. The van der Waals surface area contributed by atoms with Crippen LogP contribution in [-0.2, 0) is 65.9 Å². The van der Waals surface area contributed by atoms with Gasteiger partial charge in [-0.3, -0.25) is 0 Å². The highest BCUT2D eigenvalue weighted by Crippen LogP contribution is 2.38. The van der Waals surface area contributed by atoms with Crippen molar-refractivity contribution in [3.63, 3.8) is 0 Å². The van der Waals surface area contributed by atoms with Crippen LogP contribution in [0.2, 0.25) is 5.04 Å². The third kappa shape index (κ3) is 14.7. The van der Waals surface area contributed by atoms with Gasteiger partial charge in [0.1, 0.15) is 36.3 Å². The number of aliphatic hydroxyl groups is 1. The van der Waals surface area contributed by atoms with Gasteiger partial charge in [0.2, 0.25) is 0 Å². The van der Waals surface area contributed by atoms with Crippen LogP contribution < -0.4 is 15.1 Å². The van der Waals surface area contributed by atoms with Gasteiger partial charge in [0.05, 0.1) is 65.6 Å². The van der Waals surface area contributed by atoms with Gasteiger partial charge in [-0.1, -0.05) is 215 Å². The van der Waals surface area contributed by atoms with E-state index in [1.165, 1.54) is 0 Å². The molecular formula is C63H72O9Si. The first-order valence-corrected chi connectivity index (χ1v) is 27.5. The zero-order valence-corrected chi connectivity index (χ0v) is 43.7. The van der Waals surface area contributed by atoms with Crippen LogP contribution in [0.3, 0.4) is 0 Å². The molecule has 10 heteroatoms. The molecule has 382 valence electrons. The highest BCUT2D eigenvalue weighted by atomic mass is 28.4. The average Bonchev–Trinajstić information content (AvgIpc) is 3.43. The van der Waals surface area contributed by atoms with Crippen LogP contribution in [0.5, 0.6) is 5.75 Å². The number of rotatable bonds is 26. The third-order valence-electron chi connectivity index (χ3n) is 13.7. The quantitative estimate of drug-likeness (QED) is 0.0532. The summed E-state index contributed by atoms with van der Waals surface area (Å²) in [5.41, 5.74) is 5.09. The topological polar surface area (TPSA) is 94.1 Å². The summed E-state index contributed by atoms with van der Waals surface area (Å²) in [5, 5.41) is 14.6. The van der Waals surface area contributed by atoms with Crippen LogP contribution in [-0.4, -0.2) is 76.5 Å². The molecule has 1 N–H and O–H groups in total. The molecule has 0 amide bonds. The lowest BCUT2D eigenvalue weighted by molar-refractivity contribution is -0.274. The summed E-state index contributed by atoms with van der Waals surface area (Å²) in [6.07, 6.45) is -3.64. The lowest BCUT2D eigenvalue weighted by Crippen LogP contribution is -2.67. The van der Waals surface area contributed by atoms with Crippen molar-refractivity contribution in [2.75, 3.05) is 20.3 Å². The molecule has 7 aromatic rings.